The van der Waals surface area contributed by atoms with Crippen LogP contribution < -0.4 is 10.6 Å². The van der Waals surface area contributed by atoms with E-state index in [-0.39, 0.29) is 31.9 Å². The van der Waals surface area contributed by atoms with Crippen LogP contribution in [0.4, 0.5) is 9.59 Å². The van der Waals surface area contributed by atoms with Gasteiger partial charge in [0.15, 0.2) is 0 Å². The molecule has 3 aromatic rings. The molecule has 11 heteroatoms. The van der Waals surface area contributed by atoms with Gasteiger partial charge in [-0.2, -0.15) is 0 Å². The molecule has 0 saturated carbocycles. The minimum Gasteiger partial charge on any atom is -0.481 e. The van der Waals surface area contributed by atoms with Crippen molar-refractivity contribution in [1.82, 2.24) is 15.5 Å². The third kappa shape index (κ3) is 10.9. The maximum absolute atomic E-state index is 14.1. The second kappa shape index (κ2) is 17.7. The normalized spacial score (nSPS) is 13.4. The molecule has 49 heavy (non-hydrogen) atoms. The Balaban J connectivity index is 1.43. The average molecular weight is 688 g/mol. The monoisotopic (exact) mass is 687 g/mol. The Hall–Kier alpha value is -4.64. The first-order valence-corrected chi connectivity index (χ1v) is 20.7. The van der Waals surface area contributed by atoms with Crippen molar-refractivity contribution in [2.45, 2.75) is 76.3 Å². The number of fused-ring (bicyclic) bond motifs is 3. The highest BCUT2D eigenvalue weighted by Crippen LogP contribution is 2.44. The number of amides is 3. The van der Waals surface area contributed by atoms with Crippen LogP contribution in [0.25, 0.3) is 11.1 Å². The van der Waals surface area contributed by atoms with Gasteiger partial charge >= 0.3 is 18.2 Å². The lowest BCUT2D eigenvalue weighted by atomic mass is 9.98. The van der Waals surface area contributed by atoms with Crippen LogP contribution in [0.5, 0.6) is 0 Å². The van der Waals surface area contributed by atoms with Crippen molar-refractivity contribution in [2.24, 2.45) is 0 Å². The molecule has 10 nitrogen and oxygen atoms in total. The van der Waals surface area contributed by atoms with Crippen molar-refractivity contribution in [3.05, 3.63) is 95.6 Å². The number of hydrogen-bond donors (Lipinski definition) is 3. The Morgan fingerprint density at radius 3 is 2.06 bits per heavy atom. The Bertz CT molecular complexity index is 1530. The van der Waals surface area contributed by atoms with E-state index in [1.165, 1.54) is 4.90 Å². The summed E-state index contributed by atoms with van der Waals surface area (Å²) in [5, 5.41) is 15.0. The van der Waals surface area contributed by atoms with E-state index in [0.717, 1.165) is 33.9 Å². The van der Waals surface area contributed by atoms with Gasteiger partial charge in [0, 0.05) is 27.1 Å². The fourth-order valence-corrected chi connectivity index (χ4v) is 6.74. The maximum Gasteiger partial charge on any atom is 0.407 e. The minimum atomic E-state index is -1.32. The van der Waals surface area contributed by atoms with Crippen LogP contribution in [-0.4, -0.2) is 74.5 Å². The Labute approximate surface area is 290 Å². The number of nitrogens with one attached hydrogen (secondary N) is 2. The number of rotatable bonds is 17. The van der Waals surface area contributed by atoms with Crippen LogP contribution in [0.1, 0.15) is 61.3 Å². The molecular weight excluding hydrogens is 639 g/mol. The third-order valence-electron chi connectivity index (χ3n) is 8.81. The van der Waals surface area contributed by atoms with Crippen molar-refractivity contribution >= 4 is 32.1 Å². The lowest BCUT2D eigenvalue weighted by Gasteiger charge is -2.33. The van der Waals surface area contributed by atoms with Crippen molar-refractivity contribution in [3.63, 3.8) is 0 Å². The number of benzene rings is 3. The largest absolute Gasteiger partial charge is 0.481 e. The van der Waals surface area contributed by atoms with Crippen LogP contribution in [0.2, 0.25) is 25.7 Å². The Morgan fingerprint density at radius 2 is 1.45 bits per heavy atom. The lowest BCUT2D eigenvalue weighted by molar-refractivity contribution is -0.140. The summed E-state index contributed by atoms with van der Waals surface area (Å²) >= 11 is 0. The summed E-state index contributed by atoms with van der Waals surface area (Å²) in [6.07, 6.45) is -0.135. The van der Waals surface area contributed by atoms with Crippen LogP contribution in [-0.2, 0) is 19.1 Å². The lowest BCUT2D eigenvalue weighted by Crippen LogP contribution is -2.50. The molecule has 0 unspecified atom stereocenters. The van der Waals surface area contributed by atoms with E-state index in [1.54, 1.807) is 0 Å². The molecule has 2 atom stereocenters. The molecule has 0 fully saturated rings. The number of hydrogen-bond acceptors (Lipinski definition) is 6. The topological polar surface area (TPSA) is 134 Å². The quantitative estimate of drug-likeness (QED) is 0.101. The van der Waals surface area contributed by atoms with Gasteiger partial charge in [0.25, 0.3) is 0 Å². The summed E-state index contributed by atoms with van der Waals surface area (Å²) in [4.78, 5) is 52.7. The first-order chi connectivity index (χ1) is 23.4. The highest BCUT2D eigenvalue weighted by atomic mass is 28.3. The van der Waals surface area contributed by atoms with Crippen molar-refractivity contribution in [2.75, 3.05) is 26.3 Å². The Kier molecular flexibility index (Phi) is 13.4. The summed E-state index contributed by atoms with van der Waals surface area (Å²) in [5.41, 5.74) is 5.22. The van der Waals surface area contributed by atoms with Gasteiger partial charge in [-0.15, -0.1) is 0 Å². The third-order valence-corrected chi connectivity index (χ3v) is 10.5. The van der Waals surface area contributed by atoms with Crippen LogP contribution in [0.15, 0.2) is 78.9 Å². The zero-order valence-electron chi connectivity index (χ0n) is 28.9. The van der Waals surface area contributed by atoms with Crippen molar-refractivity contribution in [1.29, 1.82) is 0 Å². The van der Waals surface area contributed by atoms with Gasteiger partial charge in [0.05, 0.1) is 19.1 Å². The number of alkyl carbamates (subject to hydrolysis) is 2. The highest BCUT2D eigenvalue weighted by Gasteiger charge is 2.32. The van der Waals surface area contributed by atoms with Gasteiger partial charge in [-0.05, 0) is 60.0 Å². The second-order valence-corrected chi connectivity index (χ2v) is 19.3. The molecule has 0 aliphatic heterocycles. The fourth-order valence-electron chi connectivity index (χ4n) is 6.03. The SMILES string of the molecule is C[C@@H](c1ccccc1)N(CCC(=O)O)C(=O)[C@H](CCCCNC(=O)OCC[Si](C)(C)C)NC(=O)OCC1c2ccccc2-c2ccccc21. The predicted molar refractivity (Wildman–Crippen MR) is 192 cm³/mol. The summed E-state index contributed by atoms with van der Waals surface area (Å²) in [6.45, 7) is 9.28. The minimum absolute atomic E-state index is 0.0298. The molecule has 1 aliphatic rings. The number of carbonyl (C=O) groups excluding carboxylic acids is 3. The first kappa shape index (κ1) is 37.2. The average Bonchev–Trinajstić information content (AvgIpc) is 3.39. The van der Waals surface area contributed by atoms with E-state index in [9.17, 15) is 24.3 Å². The van der Waals surface area contributed by atoms with Crippen LogP contribution in [0, 0.1) is 0 Å². The second-order valence-electron chi connectivity index (χ2n) is 13.7. The van der Waals surface area contributed by atoms with Gasteiger partial charge in [0.2, 0.25) is 5.91 Å². The first-order valence-electron chi connectivity index (χ1n) is 17.0. The van der Waals surface area contributed by atoms with Crippen molar-refractivity contribution < 1.29 is 33.8 Å². The van der Waals surface area contributed by atoms with E-state index in [2.05, 4.69) is 42.4 Å². The molecule has 0 heterocycles. The fraction of sp³-hybridized carbons (Fsp3) is 0.421. The highest BCUT2D eigenvalue weighted by molar-refractivity contribution is 6.76. The molecule has 3 aromatic carbocycles. The van der Waals surface area contributed by atoms with E-state index < -0.39 is 44.2 Å². The molecule has 4 rings (SSSR count). The van der Waals surface area contributed by atoms with Gasteiger partial charge in [-0.1, -0.05) is 98.5 Å². The molecule has 3 amide bonds. The van der Waals surface area contributed by atoms with E-state index in [4.69, 9.17) is 9.47 Å². The molecule has 0 spiro atoms. The standard InChI is InChI=1S/C38H49N3O7Si/c1-27(28-14-6-5-7-15-28)41(23-21-35(42)43)36(44)34(20-12-13-22-39-37(45)47-24-25-49(2,3)4)40-38(46)48-26-33-31-18-10-8-16-29(31)30-17-9-11-19-32(30)33/h5-11,14-19,27,33-34H,12-13,20-26H2,1-4H3,(H,39,45)(H,40,46)(H,42,43)/t27-,34-/m0/s1. The molecule has 0 bridgehead atoms. The van der Waals surface area contributed by atoms with Gasteiger partial charge in [0.1, 0.15) is 12.6 Å². The van der Waals surface area contributed by atoms with Crippen molar-refractivity contribution in [3.8, 4) is 11.1 Å². The summed E-state index contributed by atoms with van der Waals surface area (Å²) < 4.78 is 11.1. The predicted octanol–water partition coefficient (Wildman–Crippen LogP) is 7.19. The maximum atomic E-state index is 14.1. The summed E-state index contributed by atoms with van der Waals surface area (Å²) in [7, 11) is -1.32. The summed E-state index contributed by atoms with van der Waals surface area (Å²) in [5.74, 6) is -1.57. The van der Waals surface area contributed by atoms with Gasteiger partial charge < -0.3 is 30.1 Å². The molecule has 1 aliphatic carbocycles. The van der Waals surface area contributed by atoms with Crippen LogP contribution >= 0.6 is 0 Å². The molecule has 3 N–H and O–H groups in total. The number of ether oxygens (including phenoxy) is 2. The zero-order chi connectivity index (χ0) is 35.4. The number of nitrogens with zero attached hydrogens (tertiary/aromatic N) is 1. The molecule has 0 radical (unpaired) electrons. The number of carboxylic acids is 1. The van der Waals surface area contributed by atoms with E-state index >= 15 is 0 Å². The number of carboxylic acid groups (broad SMARTS) is 1. The van der Waals surface area contributed by atoms with Crippen LogP contribution in [0.3, 0.4) is 0 Å². The number of aliphatic carboxylic acids is 1. The Morgan fingerprint density at radius 1 is 0.837 bits per heavy atom. The molecule has 0 saturated heterocycles. The number of unbranched alkanes of at least 4 members (excludes halogenated alkanes) is 1. The van der Waals surface area contributed by atoms with E-state index in [0.29, 0.717) is 26.0 Å². The van der Waals surface area contributed by atoms with E-state index in [1.807, 2.05) is 73.7 Å². The van der Waals surface area contributed by atoms with Gasteiger partial charge in [-0.25, -0.2) is 9.59 Å². The van der Waals surface area contributed by atoms with Gasteiger partial charge in [-0.3, -0.25) is 9.59 Å². The molecule has 262 valence electrons. The number of carbonyl (C=O) groups is 4. The zero-order valence-corrected chi connectivity index (χ0v) is 29.9. The molecular formula is C38H49N3O7Si. The molecule has 0 aromatic heterocycles. The summed E-state index contributed by atoms with van der Waals surface area (Å²) in [6, 6.07) is 24.9. The smallest absolute Gasteiger partial charge is 0.407 e.